The summed E-state index contributed by atoms with van der Waals surface area (Å²) in [7, 11) is 0. The van der Waals surface area contributed by atoms with E-state index in [-0.39, 0.29) is 5.91 Å². The molecule has 180 valence electrons. The number of benzene rings is 1. The van der Waals surface area contributed by atoms with Crippen LogP contribution in [0.1, 0.15) is 50.5 Å². The maximum atomic E-state index is 13.3. The Hall–Kier alpha value is -2.91. The van der Waals surface area contributed by atoms with Crippen molar-refractivity contribution in [1.29, 1.82) is 0 Å². The Bertz CT molecular complexity index is 959. The fraction of sp³-hybridized carbons (Fsp3) is 0.542. The number of nitrogens with zero attached hydrogens (tertiary/aromatic N) is 1. The molecule has 33 heavy (non-hydrogen) atoms. The van der Waals surface area contributed by atoms with Gasteiger partial charge in [-0.15, -0.1) is 0 Å². The summed E-state index contributed by atoms with van der Waals surface area (Å²) in [6, 6.07) is 5.30. The minimum atomic E-state index is -1.03. The Kier molecular flexibility index (Phi) is 8.85. The number of hydrogen-bond acceptors (Lipinski definition) is 5. The predicted molar refractivity (Wildman–Crippen MR) is 125 cm³/mol. The van der Waals surface area contributed by atoms with E-state index in [1.54, 1.807) is 0 Å². The molecule has 6 N–H and O–H groups in total. The Morgan fingerprint density at radius 1 is 1.15 bits per heavy atom. The van der Waals surface area contributed by atoms with Gasteiger partial charge < -0.3 is 25.8 Å². The van der Waals surface area contributed by atoms with E-state index in [0.29, 0.717) is 58.0 Å². The van der Waals surface area contributed by atoms with Crippen molar-refractivity contribution < 1.29 is 24.6 Å². The minimum Gasteiger partial charge on any atom is -0.480 e. The van der Waals surface area contributed by atoms with Crippen molar-refractivity contribution in [2.75, 3.05) is 13.1 Å². The van der Waals surface area contributed by atoms with Crippen LogP contribution in [0.3, 0.4) is 0 Å². The third-order valence-electron chi connectivity index (χ3n) is 6.39. The van der Waals surface area contributed by atoms with Gasteiger partial charge in [-0.05, 0) is 69.5 Å². The molecule has 2 heterocycles. The number of carbonyl (C=O) groups excluding carboxylic acids is 1. The highest BCUT2D eigenvalue weighted by molar-refractivity contribution is 5.88. The molecule has 1 amide bonds. The van der Waals surface area contributed by atoms with Crippen LogP contribution in [0, 0.1) is 0 Å². The highest BCUT2D eigenvalue weighted by Gasteiger charge is 2.36. The molecular weight excluding hydrogens is 424 g/mol. The highest BCUT2D eigenvalue weighted by Crippen LogP contribution is 2.22. The molecule has 1 fully saturated rings. The van der Waals surface area contributed by atoms with Crippen LogP contribution in [0.15, 0.2) is 30.5 Å². The number of rotatable bonds is 12. The number of nitrogens with one attached hydrogen (secondary N) is 2. The largest absolute Gasteiger partial charge is 0.480 e. The zero-order valence-electron chi connectivity index (χ0n) is 18.8. The first kappa shape index (κ1) is 24.7. The first-order valence-corrected chi connectivity index (χ1v) is 11.7. The van der Waals surface area contributed by atoms with E-state index in [1.165, 1.54) is 4.90 Å². The maximum absolute atomic E-state index is 13.3. The molecule has 2 aromatic rings. The van der Waals surface area contributed by atoms with Crippen LogP contribution in [-0.4, -0.2) is 69.2 Å². The summed E-state index contributed by atoms with van der Waals surface area (Å²) in [6.07, 6.45) is 6.31. The molecular formula is C24H34N4O5. The summed E-state index contributed by atoms with van der Waals surface area (Å²) in [6.45, 7) is 0.838. The number of aliphatic carboxylic acids is 2. The van der Waals surface area contributed by atoms with E-state index in [9.17, 15) is 24.6 Å². The van der Waals surface area contributed by atoms with Crippen LogP contribution in [0.4, 0.5) is 0 Å². The first-order valence-electron chi connectivity index (χ1n) is 11.7. The van der Waals surface area contributed by atoms with Crippen LogP contribution < -0.4 is 11.1 Å². The van der Waals surface area contributed by atoms with Gasteiger partial charge in [-0.3, -0.25) is 14.9 Å². The fourth-order valence-electron chi connectivity index (χ4n) is 4.58. The topological polar surface area (TPSA) is 149 Å². The molecule has 1 aliphatic heterocycles. The van der Waals surface area contributed by atoms with Gasteiger partial charge in [0.15, 0.2) is 0 Å². The average molecular weight is 459 g/mol. The lowest BCUT2D eigenvalue weighted by Gasteiger charge is -2.31. The molecule has 3 unspecified atom stereocenters. The third kappa shape index (κ3) is 6.33. The Morgan fingerprint density at radius 2 is 1.94 bits per heavy atom. The number of carbonyl (C=O) groups is 3. The molecule has 1 aromatic carbocycles. The molecule has 3 rings (SSSR count). The number of aromatic amines is 1. The lowest BCUT2D eigenvalue weighted by molar-refractivity contribution is -0.151. The van der Waals surface area contributed by atoms with Gasteiger partial charge in [-0.2, -0.15) is 0 Å². The number of para-hydroxylation sites is 1. The summed E-state index contributed by atoms with van der Waals surface area (Å²) in [5.74, 6) is -2.38. The summed E-state index contributed by atoms with van der Waals surface area (Å²) >= 11 is 0. The van der Waals surface area contributed by atoms with Crippen LogP contribution in [-0.2, 0) is 20.8 Å². The summed E-state index contributed by atoms with van der Waals surface area (Å²) in [5.41, 5.74) is 7.55. The smallest absolute Gasteiger partial charge is 0.326 e. The number of carboxylic acid groups (broad SMARTS) is 2. The normalized spacial score (nSPS) is 18.8. The van der Waals surface area contributed by atoms with Crippen molar-refractivity contribution in [3.63, 3.8) is 0 Å². The lowest BCUT2D eigenvalue weighted by Crippen LogP contribution is -2.55. The molecule has 3 atom stereocenters. The Balaban J connectivity index is 1.69. The highest BCUT2D eigenvalue weighted by atomic mass is 16.4. The standard InChI is InChI=1S/C24H34N4O5/c25-13-5-3-10-21(24(32)33)28-14-6-4-9-19(22(28)29)27-20(23(30)31)12-11-16-15-26-18-8-2-1-7-17(16)18/h1-2,7-8,15,19-21,26-27H,3-6,9-14,25H2,(H,30,31)(H,32,33). The van der Waals surface area contributed by atoms with E-state index in [1.807, 2.05) is 30.5 Å². The number of unbranched alkanes of at least 4 members (excludes halogenated alkanes) is 1. The average Bonchev–Trinajstić information content (AvgIpc) is 3.12. The van der Waals surface area contributed by atoms with E-state index in [2.05, 4.69) is 10.3 Å². The number of amides is 1. The van der Waals surface area contributed by atoms with E-state index >= 15 is 0 Å². The monoisotopic (exact) mass is 458 g/mol. The minimum absolute atomic E-state index is 0.319. The molecule has 0 saturated carbocycles. The number of aromatic nitrogens is 1. The Morgan fingerprint density at radius 3 is 2.67 bits per heavy atom. The number of likely N-dealkylation sites (tertiary alicyclic amines) is 1. The van der Waals surface area contributed by atoms with Gasteiger partial charge in [-0.1, -0.05) is 18.2 Å². The third-order valence-corrected chi connectivity index (χ3v) is 6.39. The summed E-state index contributed by atoms with van der Waals surface area (Å²) in [5, 5.41) is 23.6. The molecule has 1 aliphatic rings. The number of fused-ring (bicyclic) bond motifs is 1. The zero-order valence-corrected chi connectivity index (χ0v) is 18.8. The van der Waals surface area contributed by atoms with Gasteiger partial charge in [0.05, 0.1) is 6.04 Å². The van der Waals surface area contributed by atoms with E-state index in [0.717, 1.165) is 22.9 Å². The van der Waals surface area contributed by atoms with Gasteiger partial charge in [0.1, 0.15) is 12.1 Å². The maximum Gasteiger partial charge on any atom is 0.326 e. The van der Waals surface area contributed by atoms with Gasteiger partial charge in [0.25, 0.3) is 0 Å². The van der Waals surface area contributed by atoms with Gasteiger partial charge in [0.2, 0.25) is 5.91 Å². The van der Waals surface area contributed by atoms with Crippen LogP contribution in [0.5, 0.6) is 0 Å². The zero-order chi connectivity index (χ0) is 23.8. The predicted octanol–water partition coefficient (Wildman–Crippen LogP) is 2.11. The molecule has 0 bridgehead atoms. The number of nitrogens with two attached hydrogens (primary N) is 1. The molecule has 0 radical (unpaired) electrons. The summed E-state index contributed by atoms with van der Waals surface area (Å²) < 4.78 is 0. The lowest BCUT2D eigenvalue weighted by atomic mass is 10.0. The fourth-order valence-corrected chi connectivity index (χ4v) is 4.58. The number of hydrogen-bond donors (Lipinski definition) is 5. The second kappa shape index (κ2) is 11.8. The van der Waals surface area contributed by atoms with Gasteiger partial charge in [-0.25, -0.2) is 4.79 Å². The molecule has 1 aromatic heterocycles. The molecule has 0 aliphatic carbocycles. The number of aryl methyl sites for hydroxylation is 1. The van der Waals surface area contributed by atoms with Crippen molar-refractivity contribution in [3.8, 4) is 0 Å². The molecule has 1 saturated heterocycles. The second-order valence-electron chi connectivity index (χ2n) is 8.67. The summed E-state index contributed by atoms with van der Waals surface area (Å²) in [4.78, 5) is 41.8. The molecule has 9 heteroatoms. The first-order chi connectivity index (χ1) is 15.9. The number of H-pyrrole nitrogens is 1. The Labute approximate surface area is 193 Å². The van der Waals surface area contributed by atoms with E-state index in [4.69, 9.17) is 5.73 Å². The van der Waals surface area contributed by atoms with E-state index < -0.39 is 30.1 Å². The van der Waals surface area contributed by atoms with Crippen molar-refractivity contribution >= 4 is 28.7 Å². The van der Waals surface area contributed by atoms with Gasteiger partial charge >= 0.3 is 11.9 Å². The second-order valence-corrected chi connectivity index (χ2v) is 8.67. The quantitative estimate of drug-likeness (QED) is 0.306. The van der Waals surface area contributed by atoms with Crippen LogP contribution >= 0.6 is 0 Å². The molecule has 9 nitrogen and oxygen atoms in total. The number of carboxylic acids is 2. The van der Waals surface area contributed by atoms with Crippen LogP contribution in [0.25, 0.3) is 10.9 Å². The SMILES string of the molecule is NCCCCC(C(=O)O)N1CCCCC(NC(CCc2c[nH]c3ccccc23)C(=O)O)C1=O. The van der Waals surface area contributed by atoms with Crippen molar-refractivity contribution in [2.24, 2.45) is 5.73 Å². The van der Waals surface area contributed by atoms with Crippen molar-refractivity contribution in [3.05, 3.63) is 36.0 Å². The van der Waals surface area contributed by atoms with Crippen molar-refractivity contribution in [1.82, 2.24) is 15.2 Å². The van der Waals surface area contributed by atoms with Gasteiger partial charge in [0, 0.05) is 23.6 Å². The van der Waals surface area contributed by atoms with Crippen molar-refractivity contribution in [2.45, 2.75) is 69.5 Å². The van der Waals surface area contributed by atoms with Crippen LogP contribution in [0.2, 0.25) is 0 Å². The molecule has 0 spiro atoms.